The van der Waals surface area contributed by atoms with Gasteiger partial charge in [0, 0.05) is 11.6 Å². The van der Waals surface area contributed by atoms with Crippen LogP contribution < -0.4 is 0 Å². The Labute approximate surface area is 101 Å². The zero-order valence-corrected chi connectivity index (χ0v) is 9.85. The van der Waals surface area contributed by atoms with Crippen molar-refractivity contribution in [2.45, 2.75) is 19.8 Å². The largest absolute Gasteiger partial charge is 0.465 e. The highest BCUT2D eigenvalue weighted by atomic mass is 16.5. The summed E-state index contributed by atoms with van der Waals surface area (Å²) in [5, 5.41) is 16.7. The molecular formula is C13H16N2O2. The van der Waals surface area contributed by atoms with Gasteiger partial charge in [0.1, 0.15) is 0 Å². The number of esters is 1. The fraction of sp³-hybridized carbons (Fsp3) is 0.462. The monoisotopic (exact) mass is 232 g/mol. The molecule has 0 fully saturated rings. The predicted octanol–water partition coefficient (Wildman–Crippen LogP) is 2.23. The lowest BCUT2D eigenvalue weighted by Crippen LogP contribution is -2.29. The number of nitrogens with zero attached hydrogens (tertiary/aromatic N) is 1. The van der Waals surface area contributed by atoms with Crippen LogP contribution in [-0.4, -0.2) is 18.3 Å². The number of nitriles is 1. The van der Waals surface area contributed by atoms with Crippen molar-refractivity contribution in [1.29, 1.82) is 10.7 Å². The zero-order chi connectivity index (χ0) is 12.7. The van der Waals surface area contributed by atoms with Gasteiger partial charge < -0.3 is 10.1 Å². The highest BCUT2D eigenvalue weighted by molar-refractivity contribution is 6.00. The number of ether oxygens (including phenoxy) is 1. The van der Waals surface area contributed by atoms with Crippen molar-refractivity contribution in [2.75, 3.05) is 6.61 Å². The van der Waals surface area contributed by atoms with Gasteiger partial charge >= 0.3 is 5.97 Å². The fourth-order valence-corrected chi connectivity index (χ4v) is 1.54. The second-order valence-corrected chi connectivity index (χ2v) is 3.85. The van der Waals surface area contributed by atoms with Crippen molar-refractivity contribution in [2.24, 2.45) is 11.8 Å². The van der Waals surface area contributed by atoms with Gasteiger partial charge in [-0.1, -0.05) is 31.6 Å². The van der Waals surface area contributed by atoms with Gasteiger partial charge in [-0.2, -0.15) is 5.26 Å². The molecule has 4 heteroatoms. The van der Waals surface area contributed by atoms with Gasteiger partial charge in [0.2, 0.25) is 0 Å². The third kappa shape index (κ3) is 3.56. The van der Waals surface area contributed by atoms with Crippen molar-refractivity contribution in [3.63, 3.8) is 0 Å². The maximum absolute atomic E-state index is 11.7. The molecule has 1 N–H and O–H groups in total. The SMILES string of the molecule is CCCCOC(=O)C(C#N)C1C=CC=CC1=N. The molecule has 0 aromatic rings. The molecule has 0 amide bonds. The molecule has 0 spiro atoms. The lowest BCUT2D eigenvalue weighted by molar-refractivity contribution is -0.147. The Kier molecular flexibility index (Phi) is 5.15. The summed E-state index contributed by atoms with van der Waals surface area (Å²) in [5.41, 5.74) is 0.270. The van der Waals surface area contributed by atoms with Gasteiger partial charge in [0.05, 0.1) is 12.7 Å². The van der Waals surface area contributed by atoms with Crippen LogP contribution in [0.2, 0.25) is 0 Å². The molecule has 0 aromatic carbocycles. The highest BCUT2D eigenvalue weighted by Crippen LogP contribution is 2.20. The summed E-state index contributed by atoms with van der Waals surface area (Å²) in [5.74, 6) is -1.93. The second-order valence-electron chi connectivity index (χ2n) is 3.85. The number of hydrogen-bond donors (Lipinski definition) is 1. The number of nitrogens with one attached hydrogen (secondary N) is 1. The summed E-state index contributed by atoms with van der Waals surface area (Å²) in [6.45, 7) is 2.34. The predicted molar refractivity (Wildman–Crippen MR) is 64.5 cm³/mol. The molecule has 1 rings (SSSR count). The van der Waals surface area contributed by atoms with Crippen molar-refractivity contribution in [3.8, 4) is 6.07 Å². The van der Waals surface area contributed by atoms with E-state index in [4.69, 9.17) is 15.4 Å². The standard InChI is InChI=1S/C13H16N2O2/c1-2-3-8-17-13(16)11(9-14)10-6-4-5-7-12(10)15/h4-7,10-11,15H,2-3,8H2,1H3. The minimum atomic E-state index is -0.916. The normalized spacial score (nSPS) is 19.8. The molecule has 1 aliphatic carbocycles. The van der Waals surface area contributed by atoms with Gasteiger partial charge in [0.15, 0.2) is 5.92 Å². The number of carbonyl (C=O) groups excluding carboxylic acids is 1. The van der Waals surface area contributed by atoms with E-state index in [9.17, 15) is 4.79 Å². The molecule has 0 saturated carbocycles. The van der Waals surface area contributed by atoms with Crippen LogP contribution in [0.5, 0.6) is 0 Å². The number of hydrogen-bond acceptors (Lipinski definition) is 4. The first-order valence-electron chi connectivity index (χ1n) is 5.70. The third-order valence-corrected chi connectivity index (χ3v) is 2.56. The van der Waals surface area contributed by atoms with E-state index < -0.39 is 17.8 Å². The number of allylic oxidation sites excluding steroid dienone is 4. The molecule has 0 saturated heterocycles. The van der Waals surface area contributed by atoms with Crippen LogP contribution in [-0.2, 0) is 9.53 Å². The smallest absolute Gasteiger partial charge is 0.324 e. The molecule has 17 heavy (non-hydrogen) atoms. The Morgan fingerprint density at radius 1 is 1.65 bits per heavy atom. The summed E-state index contributed by atoms with van der Waals surface area (Å²) < 4.78 is 5.02. The van der Waals surface area contributed by atoms with Crippen LogP contribution in [0.3, 0.4) is 0 Å². The fourth-order valence-electron chi connectivity index (χ4n) is 1.54. The first-order valence-corrected chi connectivity index (χ1v) is 5.70. The van der Waals surface area contributed by atoms with Gasteiger partial charge in [-0.25, -0.2) is 0 Å². The molecule has 0 heterocycles. The molecule has 2 atom stereocenters. The van der Waals surface area contributed by atoms with E-state index in [-0.39, 0.29) is 5.71 Å². The minimum Gasteiger partial charge on any atom is -0.465 e. The lowest BCUT2D eigenvalue weighted by atomic mass is 9.86. The summed E-state index contributed by atoms with van der Waals surface area (Å²) in [7, 11) is 0. The van der Waals surface area contributed by atoms with Crippen molar-refractivity contribution < 1.29 is 9.53 Å². The van der Waals surface area contributed by atoms with E-state index in [2.05, 4.69) is 0 Å². The van der Waals surface area contributed by atoms with Crippen LogP contribution in [0.4, 0.5) is 0 Å². The molecule has 0 aliphatic heterocycles. The number of rotatable bonds is 5. The van der Waals surface area contributed by atoms with E-state index in [1.54, 1.807) is 24.3 Å². The van der Waals surface area contributed by atoms with E-state index in [0.29, 0.717) is 6.61 Å². The highest BCUT2D eigenvalue weighted by Gasteiger charge is 2.30. The molecule has 0 aromatic heterocycles. The molecule has 0 bridgehead atoms. The quantitative estimate of drug-likeness (QED) is 0.583. The molecule has 2 unspecified atom stereocenters. The Balaban J connectivity index is 2.62. The van der Waals surface area contributed by atoms with Crippen LogP contribution >= 0.6 is 0 Å². The number of unbranched alkanes of at least 4 members (excludes halogenated alkanes) is 1. The van der Waals surface area contributed by atoms with Crippen molar-refractivity contribution >= 4 is 11.7 Å². The first kappa shape index (κ1) is 13.2. The average Bonchev–Trinajstić information content (AvgIpc) is 2.33. The lowest BCUT2D eigenvalue weighted by Gasteiger charge is -2.18. The van der Waals surface area contributed by atoms with Crippen molar-refractivity contribution in [3.05, 3.63) is 24.3 Å². The maximum Gasteiger partial charge on any atom is 0.324 e. The average molecular weight is 232 g/mol. The molecule has 1 aliphatic rings. The second kappa shape index (κ2) is 6.64. The van der Waals surface area contributed by atoms with E-state index in [1.807, 2.05) is 13.0 Å². The minimum absolute atomic E-state index is 0.270. The summed E-state index contributed by atoms with van der Waals surface area (Å²) in [6, 6.07) is 1.93. The molecule has 4 nitrogen and oxygen atoms in total. The Morgan fingerprint density at radius 2 is 2.41 bits per heavy atom. The Morgan fingerprint density at radius 3 is 3.00 bits per heavy atom. The van der Waals surface area contributed by atoms with Crippen LogP contribution in [0.1, 0.15) is 19.8 Å². The maximum atomic E-state index is 11.7. The summed E-state index contributed by atoms with van der Waals surface area (Å²) >= 11 is 0. The van der Waals surface area contributed by atoms with Crippen LogP contribution in [0.15, 0.2) is 24.3 Å². The Hall–Kier alpha value is -1.89. The third-order valence-electron chi connectivity index (χ3n) is 2.56. The number of carbonyl (C=O) groups is 1. The van der Waals surface area contributed by atoms with E-state index >= 15 is 0 Å². The Bertz CT molecular complexity index is 391. The van der Waals surface area contributed by atoms with Crippen LogP contribution in [0, 0.1) is 28.6 Å². The van der Waals surface area contributed by atoms with Crippen molar-refractivity contribution in [1.82, 2.24) is 0 Å². The molecule has 90 valence electrons. The van der Waals surface area contributed by atoms with E-state index in [1.165, 1.54) is 0 Å². The van der Waals surface area contributed by atoms with Gasteiger partial charge in [-0.15, -0.1) is 0 Å². The van der Waals surface area contributed by atoms with Gasteiger partial charge in [-0.05, 0) is 12.5 Å². The topological polar surface area (TPSA) is 73.9 Å². The summed E-state index contributed by atoms with van der Waals surface area (Å²) in [4.78, 5) is 11.7. The first-order chi connectivity index (χ1) is 8.20. The summed E-state index contributed by atoms with van der Waals surface area (Å²) in [6.07, 6.45) is 8.47. The molecule has 0 radical (unpaired) electrons. The van der Waals surface area contributed by atoms with Gasteiger partial charge in [0.25, 0.3) is 0 Å². The van der Waals surface area contributed by atoms with E-state index in [0.717, 1.165) is 12.8 Å². The van der Waals surface area contributed by atoms with Gasteiger partial charge in [-0.3, -0.25) is 4.79 Å². The zero-order valence-electron chi connectivity index (χ0n) is 9.85. The molecular weight excluding hydrogens is 216 g/mol. The van der Waals surface area contributed by atoms with Crippen LogP contribution in [0.25, 0.3) is 0 Å².